The molecule has 0 fully saturated rings. The number of hydrogen-bond acceptors (Lipinski definition) is 3. The van der Waals surface area contributed by atoms with Crippen molar-refractivity contribution >= 4 is 10.2 Å². The maximum Gasteiger partial charge on any atom is 0.351 e. The molecule has 0 saturated heterocycles. The molecule has 0 bridgehead atoms. The minimum atomic E-state index is -4.65. The SMILES string of the molecule is CC(C)Cn1ccc(S(=O)(=O)F)n1. The van der Waals surface area contributed by atoms with Gasteiger partial charge >= 0.3 is 10.2 Å². The topological polar surface area (TPSA) is 52.0 Å². The highest BCUT2D eigenvalue weighted by Gasteiger charge is 2.15. The fourth-order valence-electron chi connectivity index (χ4n) is 0.949. The first-order chi connectivity index (χ1) is 5.89. The molecule has 13 heavy (non-hydrogen) atoms. The molecule has 0 N–H and O–H groups in total. The molecule has 0 amide bonds. The summed E-state index contributed by atoms with van der Waals surface area (Å²) < 4.78 is 34.6. The zero-order valence-corrected chi connectivity index (χ0v) is 8.25. The zero-order chi connectivity index (χ0) is 10.1. The normalized spacial score (nSPS) is 12.3. The van der Waals surface area contributed by atoms with E-state index in [0.29, 0.717) is 12.5 Å². The fourth-order valence-corrected chi connectivity index (χ4v) is 1.37. The van der Waals surface area contributed by atoms with Gasteiger partial charge in [-0.15, -0.1) is 0 Å². The number of rotatable bonds is 3. The van der Waals surface area contributed by atoms with Crippen molar-refractivity contribution in [2.24, 2.45) is 5.92 Å². The standard InChI is InChI=1S/C7H11FN2O2S/c1-6(2)5-10-4-3-7(9-10)13(8,11)12/h3-4,6H,5H2,1-2H3. The predicted molar refractivity (Wildman–Crippen MR) is 45.4 cm³/mol. The first kappa shape index (κ1) is 10.2. The van der Waals surface area contributed by atoms with Gasteiger partial charge in [0.05, 0.1) is 0 Å². The molecule has 0 spiro atoms. The van der Waals surface area contributed by atoms with Crippen molar-refractivity contribution in [2.45, 2.75) is 25.4 Å². The van der Waals surface area contributed by atoms with Gasteiger partial charge in [0.2, 0.25) is 5.03 Å². The Balaban J connectivity index is 2.88. The smallest absolute Gasteiger partial charge is 0.271 e. The van der Waals surface area contributed by atoms with Crippen LogP contribution in [0.2, 0.25) is 0 Å². The van der Waals surface area contributed by atoms with Crippen LogP contribution >= 0.6 is 0 Å². The van der Waals surface area contributed by atoms with Gasteiger partial charge in [-0.25, -0.2) is 0 Å². The number of nitrogens with zero attached hydrogens (tertiary/aromatic N) is 2. The maximum atomic E-state index is 12.4. The van der Waals surface area contributed by atoms with E-state index in [4.69, 9.17) is 0 Å². The van der Waals surface area contributed by atoms with E-state index < -0.39 is 15.2 Å². The lowest BCUT2D eigenvalue weighted by molar-refractivity contribution is 0.471. The van der Waals surface area contributed by atoms with Gasteiger partial charge in [-0.2, -0.15) is 13.5 Å². The summed E-state index contributed by atoms with van der Waals surface area (Å²) in [5.41, 5.74) is 0. The molecule has 0 aromatic carbocycles. The highest BCUT2D eigenvalue weighted by molar-refractivity contribution is 7.86. The van der Waals surface area contributed by atoms with E-state index >= 15 is 0 Å². The van der Waals surface area contributed by atoms with Gasteiger partial charge in [-0.05, 0) is 12.0 Å². The summed E-state index contributed by atoms with van der Waals surface area (Å²) in [5.74, 6) is 0.343. The minimum absolute atomic E-state index is 0.343. The second-order valence-corrected chi connectivity index (χ2v) is 4.50. The maximum absolute atomic E-state index is 12.4. The highest BCUT2D eigenvalue weighted by Crippen LogP contribution is 2.09. The second-order valence-electron chi connectivity index (χ2n) is 3.21. The molecule has 6 heteroatoms. The summed E-state index contributed by atoms with van der Waals surface area (Å²) in [6, 6.07) is 1.15. The Morgan fingerprint density at radius 2 is 2.23 bits per heavy atom. The summed E-state index contributed by atoms with van der Waals surface area (Å²) >= 11 is 0. The highest BCUT2D eigenvalue weighted by atomic mass is 32.3. The molecule has 74 valence electrons. The average Bonchev–Trinajstić information content (AvgIpc) is 2.32. The van der Waals surface area contributed by atoms with E-state index in [1.807, 2.05) is 13.8 Å². The molecule has 0 unspecified atom stereocenters. The number of hydrogen-bond donors (Lipinski definition) is 0. The first-order valence-corrected chi connectivity index (χ1v) is 5.26. The number of halogens is 1. The van der Waals surface area contributed by atoms with E-state index in [9.17, 15) is 12.3 Å². The molecule has 4 nitrogen and oxygen atoms in total. The van der Waals surface area contributed by atoms with Crippen LogP contribution in [-0.2, 0) is 16.8 Å². The number of aromatic nitrogens is 2. The van der Waals surface area contributed by atoms with Crippen molar-refractivity contribution in [1.82, 2.24) is 9.78 Å². The molecule has 0 aliphatic heterocycles. The van der Waals surface area contributed by atoms with Gasteiger partial charge in [-0.1, -0.05) is 17.7 Å². The van der Waals surface area contributed by atoms with E-state index in [-0.39, 0.29) is 0 Å². The van der Waals surface area contributed by atoms with E-state index in [1.165, 1.54) is 10.9 Å². The monoisotopic (exact) mass is 206 g/mol. The Morgan fingerprint density at radius 3 is 2.62 bits per heavy atom. The third-order valence-corrected chi connectivity index (χ3v) is 2.14. The van der Waals surface area contributed by atoms with Crippen LogP contribution in [0.25, 0.3) is 0 Å². The Kier molecular flexibility index (Phi) is 2.70. The van der Waals surface area contributed by atoms with Crippen LogP contribution in [0.15, 0.2) is 17.3 Å². The summed E-state index contributed by atoms with van der Waals surface area (Å²) in [7, 11) is -4.65. The van der Waals surface area contributed by atoms with Gasteiger partial charge < -0.3 is 0 Å². The largest absolute Gasteiger partial charge is 0.351 e. The lowest BCUT2D eigenvalue weighted by Gasteiger charge is -2.02. The van der Waals surface area contributed by atoms with Gasteiger partial charge in [0, 0.05) is 12.7 Å². The molecule has 0 aliphatic carbocycles. The van der Waals surface area contributed by atoms with Crippen LogP contribution in [0.5, 0.6) is 0 Å². The summed E-state index contributed by atoms with van der Waals surface area (Å²) in [4.78, 5) is 0. The van der Waals surface area contributed by atoms with Crippen LogP contribution < -0.4 is 0 Å². The second kappa shape index (κ2) is 3.45. The first-order valence-electron chi connectivity index (χ1n) is 3.87. The molecule has 0 radical (unpaired) electrons. The third kappa shape index (κ3) is 2.80. The van der Waals surface area contributed by atoms with Crippen molar-refractivity contribution in [1.29, 1.82) is 0 Å². The molecule has 1 rings (SSSR count). The molecule has 0 aliphatic rings. The van der Waals surface area contributed by atoms with Gasteiger partial charge in [0.1, 0.15) is 0 Å². The van der Waals surface area contributed by atoms with E-state index in [2.05, 4.69) is 5.10 Å². The van der Waals surface area contributed by atoms with Crippen molar-refractivity contribution in [2.75, 3.05) is 0 Å². The molecule has 1 heterocycles. The van der Waals surface area contributed by atoms with E-state index in [1.54, 1.807) is 0 Å². The molecule has 0 atom stereocenters. The van der Waals surface area contributed by atoms with Crippen LogP contribution in [-0.4, -0.2) is 18.2 Å². The van der Waals surface area contributed by atoms with Crippen LogP contribution in [0.3, 0.4) is 0 Å². The molecular formula is C7H11FN2O2S. The lowest BCUT2D eigenvalue weighted by Crippen LogP contribution is -2.05. The lowest BCUT2D eigenvalue weighted by atomic mass is 10.2. The zero-order valence-electron chi connectivity index (χ0n) is 7.44. The Morgan fingerprint density at radius 1 is 1.62 bits per heavy atom. The van der Waals surface area contributed by atoms with Crippen LogP contribution in [0.1, 0.15) is 13.8 Å². The quantitative estimate of drug-likeness (QED) is 0.698. The molecular weight excluding hydrogens is 195 g/mol. The van der Waals surface area contributed by atoms with Crippen molar-refractivity contribution in [3.63, 3.8) is 0 Å². The van der Waals surface area contributed by atoms with Crippen molar-refractivity contribution < 1.29 is 12.3 Å². The van der Waals surface area contributed by atoms with Gasteiger partial charge in [0.15, 0.2) is 0 Å². The summed E-state index contributed by atoms with van der Waals surface area (Å²) in [5, 5.41) is 3.06. The predicted octanol–water partition coefficient (Wildman–Crippen LogP) is 1.20. The van der Waals surface area contributed by atoms with Crippen molar-refractivity contribution in [3.05, 3.63) is 12.3 Å². The Labute approximate surface area is 76.6 Å². The summed E-state index contributed by atoms with van der Waals surface area (Å²) in [6.45, 7) is 4.51. The molecule has 1 aromatic rings. The minimum Gasteiger partial charge on any atom is -0.271 e. The Bertz CT molecular complexity index is 383. The van der Waals surface area contributed by atoms with Crippen molar-refractivity contribution in [3.8, 4) is 0 Å². The summed E-state index contributed by atoms with van der Waals surface area (Å²) in [6.07, 6.45) is 1.45. The van der Waals surface area contributed by atoms with Crippen LogP contribution in [0.4, 0.5) is 3.89 Å². The van der Waals surface area contributed by atoms with Gasteiger partial charge in [0.25, 0.3) is 0 Å². The van der Waals surface area contributed by atoms with E-state index in [0.717, 1.165) is 6.07 Å². The fraction of sp³-hybridized carbons (Fsp3) is 0.571. The van der Waals surface area contributed by atoms with Crippen LogP contribution in [0, 0.1) is 5.92 Å². The molecule has 1 aromatic heterocycles. The third-order valence-electron chi connectivity index (χ3n) is 1.42. The van der Waals surface area contributed by atoms with Gasteiger partial charge in [-0.3, -0.25) is 4.68 Å². The molecule has 0 saturated carbocycles. The average molecular weight is 206 g/mol. The Hall–Kier alpha value is -0.910.